The zero-order chi connectivity index (χ0) is 25.1. The van der Waals surface area contributed by atoms with Gasteiger partial charge in [0.25, 0.3) is 0 Å². The highest BCUT2D eigenvalue weighted by Gasteiger charge is 2.18. The third kappa shape index (κ3) is 21.6. The normalized spacial score (nSPS) is 18.5. The maximum Gasteiger partial charge on any atom is 0.146 e. The Morgan fingerprint density at radius 1 is 0.515 bits per heavy atom. The van der Waals surface area contributed by atoms with Gasteiger partial charge in [-0.1, -0.05) is 78.0 Å². The van der Waals surface area contributed by atoms with E-state index in [9.17, 15) is 0 Å². The van der Waals surface area contributed by atoms with Gasteiger partial charge in [-0.05, 0) is 116 Å². The van der Waals surface area contributed by atoms with Crippen LogP contribution in [0.25, 0.3) is 0 Å². The van der Waals surface area contributed by atoms with Crippen molar-refractivity contribution in [3.63, 3.8) is 0 Å². The molecule has 0 aliphatic carbocycles. The lowest BCUT2D eigenvalue weighted by Gasteiger charge is -2.26. The van der Waals surface area contributed by atoms with E-state index < -0.39 is 0 Å². The predicted molar refractivity (Wildman–Crippen MR) is 156 cm³/mol. The monoisotopic (exact) mass is 580 g/mol. The molecule has 0 rings (SSSR count). The van der Waals surface area contributed by atoms with Crippen LogP contribution in [0.1, 0.15) is 126 Å². The van der Waals surface area contributed by atoms with Crippen molar-refractivity contribution in [3.05, 3.63) is 0 Å². The van der Waals surface area contributed by atoms with Crippen molar-refractivity contribution in [1.29, 1.82) is 0 Å². The summed E-state index contributed by atoms with van der Waals surface area (Å²) in [6.07, 6.45) is 14.7. The Bertz CT molecular complexity index is 416. The van der Waals surface area contributed by atoms with Gasteiger partial charge < -0.3 is 9.47 Å². The zero-order valence-corrected chi connectivity index (χ0v) is 26.0. The Hall–Kier alpha value is 0.650. The van der Waals surface area contributed by atoms with Crippen molar-refractivity contribution in [3.8, 4) is 0 Å². The summed E-state index contributed by atoms with van der Waals surface area (Å²) >= 11 is 2.51. The molecular weight excluding hydrogens is 519 g/mol. The number of hydrogen-bond donors (Lipinski definition) is 0. The average Bonchev–Trinajstić information content (AvgIpc) is 2.70. The molecule has 33 heavy (non-hydrogen) atoms. The van der Waals surface area contributed by atoms with Gasteiger partial charge in [0.1, 0.15) is 6.79 Å². The highest BCUT2D eigenvalue weighted by molar-refractivity contribution is 14.1. The molecule has 0 saturated heterocycles. The van der Waals surface area contributed by atoms with Gasteiger partial charge in [-0.2, -0.15) is 0 Å². The summed E-state index contributed by atoms with van der Waals surface area (Å²) in [7, 11) is 0. The Balaban J connectivity index is 3.96. The van der Waals surface area contributed by atoms with Gasteiger partial charge in [-0.15, -0.1) is 0 Å². The molecule has 0 aliphatic rings. The molecular formula is C30H61IO2. The van der Waals surface area contributed by atoms with Crippen LogP contribution < -0.4 is 0 Å². The van der Waals surface area contributed by atoms with Gasteiger partial charge in [0, 0.05) is 13.2 Å². The molecule has 0 spiro atoms. The van der Waals surface area contributed by atoms with Crippen LogP contribution in [0.4, 0.5) is 0 Å². The minimum Gasteiger partial charge on any atom is -0.355 e. The number of halogens is 1. The van der Waals surface area contributed by atoms with E-state index >= 15 is 0 Å². The topological polar surface area (TPSA) is 18.5 Å². The van der Waals surface area contributed by atoms with Gasteiger partial charge >= 0.3 is 0 Å². The second-order valence-corrected chi connectivity index (χ2v) is 13.1. The van der Waals surface area contributed by atoms with Crippen LogP contribution in [-0.2, 0) is 9.47 Å². The molecule has 7 atom stereocenters. The highest BCUT2D eigenvalue weighted by Crippen LogP contribution is 2.30. The fourth-order valence-corrected chi connectivity index (χ4v) is 6.56. The number of hydrogen-bond acceptors (Lipinski definition) is 2. The fraction of sp³-hybridized carbons (Fsp3) is 1.00. The van der Waals surface area contributed by atoms with Crippen molar-refractivity contribution in [2.24, 2.45) is 41.4 Å². The Kier molecular flexibility index (Phi) is 22.3. The molecule has 0 aromatic rings. The first kappa shape index (κ1) is 33.7. The van der Waals surface area contributed by atoms with E-state index in [0.717, 1.165) is 67.5 Å². The first-order chi connectivity index (χ1) is 15.7. The van der Waals surface area contributed by atoms with E-state index in [1.807, 2.05) is 0 Å². The van der Waals surface area contributed by atoms with Crippen LogP contribution in [0, 0.1) is 41.4 Å². The van der Waals surface area contributed by atoms with E-state index in [1.165, 1.54) is 62.2 Å². The Morgan fingerprint density at radius 3 is 1.27 bits per heavy atom. The van der Waals surface area contributed by atoms with Gasteiger partial charge in [-0.3, -0.25) is 0 Å². The minimum atomic E-state index is 0.462. The van der Waals surface area contributed by atoms with Crippen LogP contribution in [0.15, 0.2) is 0 Å². The zero-order valence-electron chi connectivity index (χ0n) is 23.8. The molecule has 0 radical (unpaired) electrons. The molecule has 7 unspecified atom stereocenters. The maximum absolute atomic E-state index is 5.57. The number of ether oxygens (including phenoxy) is 2. The third-order valence-corrected chi connectivity index (χ3v) is 7.92. The van der Waals surface area contributed by atoms with Gasteiger partial charge in [0.2, 0.25) is 0 Å². The van der Waals surface area contributed by atoms with Crippen LogP contribution >= 0.6 is 22.6 Å². The first-order valence-corrected chi connectivity index (χ1v) is 15.9. The van der Waals surface area contributed by atoms with Crippen molar-refractivity contribution in [2.75, 3.05) is 24.4 Å². The largest absolute Gasteiger partial charge is 0.355 e. The van der Waals surface area contributed by atoms with Crippen molar-refractivity contribution >= 4 is 22.6 Å². The quantitative estimate of drug-likeness (QED) is 0.0518. The Labute approximate surface area is 223 Å². The van der Waals surface area contributed by atoms with Gasteiger partial charge in [0.15, 0.2) is 0 Å². The average molecular weight is 581 g/mol. The molecule has 0 amide bonds. The van der Waals surface area contributed by atoms with Crippen LogP contribution in [-0.4, -0.2) is 24.4 Å². The van der Waals surface area contributed by atoms with Crippen molar-refractivity contribution in [1.82, 2.24) is 0 Å². The molecule has 0 saturated carbocycles. The Morgan fingerprint density at radius 2 is 0.879 bits per heavy atom. The van der Waals surface area contributed by atoms with Gasteiger partial charge in [-0.25, -0.2) is 0 Å². The summed E-state index contributed by atoms with van der Waals surface area (Å²) in [5, 5.41) is 0. The lowest BCUT2D eigenvalue weighted by molar-refractivity contribution is -0.0549. The second-order valence-electron chi connectivity index (χ2n) is 12.1. The van der Waals surface area contributed by atoms with E-state index in [-0.39, 0.29) is 0 Å². The number of rotatable bonds is 23. The van der Waals surface area contributed by atoms with E-state index in [1.54, 1.807) is 0 Å². The van der Waals surface area contributed by atoms with Crippen LogP contribution in [0.5, 0.6) is 0 Å². The molecule has 3 heteroatoms. The number of alkyl halides is 1. The lowest BCUT2D eigenvalue weighted by atomic mass is 9.80. The molecule has 0 bridgehead atoms. The molecule has 0 aromatic carbocycles. The van der Waals surface area contributed by atoms with Crippen molar-refractivity contribution in [2.45, 2.75) is 126 Å². The summed E-state index contributed by atoms with van der Waals surface area (Å²) in [6.45, 7) is 21.5. The standard InChI is InChI=1S/C30H61IO2/c1-9-15-32-23-33-16-11-13-25(3)18-27(5)20-29(7)22-30(8)21-28(6)19-26(4)17-24(2)12-10-14-31/h24-30H,9-23H2,1-8H3. The van der Waals surface area contributed by atoms with Crippen molar-refractivity contribution < 1.29 is 9.47 Å². The maximum atomic E-state index is 5.57. The van der Waals surface area contributed by atoms with E-state index in [0.29, 0.717) is 6.79 Å². The summed E-state index contributed by atoms with van der Waals surface area (Å²) < 4.78 is 12.3. The molecule has 200 valence electrons. The highest BCUT2D eigenvalue weighted by atomic mass is 127. The SMILES string of the molecule is CCCOCOCCCC(C)CC(C)CC(C)CC(C)CC(C)CC(C)CC(C)CCCI. The molecule has 2 nitrogen and oxygen atoms in total. The lowest BCUT2D eigenvalue weighted by Crippen LogP contribution is -2.14. The summed E-state index contributed by atoms with van der Waals surface area (Å²) in [5.74, 6) is 5.98. The summed E-state index contributed by atoms with van der Waals surface area (Å²) in [6, 6.07) is 0. The second kappa shape index (κ2) is 21.9. The summed E-state index contributed by atoms with van der Waals surface area (Å²) in [5.41, 5.74) is 0. The minimum absolute atomic E-state index is 0.462. The van der Waals surface area contributed by atoms with E-state index in [4.69, 9.17) is 9.47 Å². The predicted octanol–water partition coefficient (Wildman–Crippen LogP) is 10.2. The van der Waals surface area contributed by atoms with E-state index in [2.05, 4.69) is 78.0 Å². The first-order valence-electron chi connectivity index (χ1n) is 14.4. The smallest absolute Gasteiger partial charge is 0.146 e. The third-order valence-electron chi connectivity index (χ3n) is 7.16. The van der Waals surface area contributed by atoms with Crippen LogP contribution in [0.2, 0.25) is 0 Å². The fourth-order valence-electron chi connectivity index (χ4n) is 6.12. The molecule has 0 aromatic heterocycles. The van der Waals surface area contributed by atoms with Gasteiger partial charge in [0.05, 0.1) is 0 Å². The molecule has 0 heterocycles. The van der Waals surface area contributed by atoms with Crippen LogP contribution in [0.3, 0.4) is 0 Å². The molecule has 0 fully saturated rings. The summed E-state index contributed by atoms with van der Waals surface area (Å²) in [4.78, 5) is 0. The molecule has 0 N–H and O–H groups in total. The molecule has 0 aliphatic heterocycles.